The summed E-state index contributed by atoms with van der Waals surface area (Å²) in [4.78, 5) is 12.2. The highest BCUT2D eigenvalue weighted by Crippen LogP contribution is 2.26. The first-order valence-electron chi connectivity index (χ1n) is 7.87. The van der Waals surface area contributed by atoms with Crippen molar-refractivity contribution < 1.29 is 9.53 Å². The van der Waals surface area contributed by atoms with Gasteiger partial charge in [-0.3, -0.25) is 4.79 Å². The topological polar surface area (TPSA) is 38.3 Å². The number of hydrogen-bond acceptors (Lipinski definition) is 2. The molecule has 114 valence electrons. The van der Waals surface area contributed by atoms with E-state index in [0.717, 1.165) is 24.3 Å². The third-order valence-corrected chi connectivity index (χ3v) is 4.04. The van der Waals surface area contributed by atoms with E-state index < -0.39 is 6.10 Å². The zero-order valence-corrected chi connectivity index (χ0v) is 12.8. The number of rotatable bonds is 4. The first kappa shape index (κ1) is 14.6. The molecule has 0 aliphatic heterocycles. The number of carbonyl (C=O) groups is 1. The van der Waals surface area contributed by atoms with Crippen LogP contribution in [-0.4, -0.2) is 12.0 Å². The van der Waals surface area contributed by atoms with Gasteiger partial charge in [-0.05, 0) is 68.0 Å². The van der Waals surface area contributed by atoms with Crippen molar-refractivity contribution >= 4 is 11.6 Å². The molecule has 3 nitrogen and oxygen atoms in total. The van der Waals surface area contributed by atoms with Crippen molar-refractivity contribution in [2.45, 2.75) is 38.7 Å². The average molecular weight is 295 g/mol. The number of fused-ring (bicyclic) bond motifs is 1. The molecule has 1 aliphatic rings. The van der Waals surface area contributed by atoms with Gasteiger partial charge in [-0.15, -0.1) is 0 Å². The Hall–Kier alpha value is -2.29. The summed E-state index contributed by atoms with van der Waals surface area (Å²) in [5, 5.41) is 2.86. The lowest BCUT2D eigenvalue weighted by Gasteiger charge is -2.19. The van der Waals surface area contributed by atoms with Crippen LogP contribution in [0.15, 0.2) is 48.5 Å². The number of amides is 1. The first-order valence-corrected chi connectivity index (χ1v) is 7.87. The van der Waals surface area contributed by atoms with E-state index in [-0.39, 0.29) is 5.91 Å². The van der Waals surface area contributed by atoms with Gasteiger partial charge >= 0.3 is 0 Å². The average Bonchev–Trinajstić information content (AvgIpc) is 2.55. The van der Waals surface area contributed by atoms with Crippen LogP contribution >= 0.6 is 0 Å². The Labute approximate surface area is 131 Å². The van der Waals surface area contributed by atoms with Gasteiger partial charge in [0, 0.05) is 5.69 Å². The number of aryl methyl sites for hydroxylation is 2. The maximum absolute atomic E-state index is 12.2. The van der Waals surface area contributed by atoms with E-state index >= 15 is 0 Å². The number of carbonyl (C=O) groups excluding carboxylic acids is 1. The van der Waals surface area contributed by atoms with Gasteiger partial charge < -0.3 is 10.1 Å². The maximum Gasteiger partial charge on any atom is 0.265 e. The zero-order valence-electron chi connectivity index (χ0n) is 12.8. The van der Waals surface area contributed by atoms with Gasteiger partial charge in [-0.2, -0.15) is 0 Å². The Kier molecular flexibility index (Phi) is 4.42. The van der Waals surface area contributed by atoms with E-state index in [4.69, 9.17) is 4.74 Å². The number of anilines is 1. The quantitative estimate of drug-likeness (QED) is 0.926. The number of para-hydroxylation sites is 1. The van der Waals surface area contributed by atoms with E-state index in [1.54, 1.807) is 6.92 Å². The lowest BCUT2D eigenvalue weighted by atomic mass is 9.92. The molecule has 3 rings (SSSR count). The molecule has 0 radical (unpaired) electrons. The third-order valence-electron chi connectivity index (χ3n) is 4.04. The molecule has 1 atom stereocenters. The van der Waals surface area contributed by atoms with Crippen LogP contribution in [-0.2, 0) is 17.6 Å². The van der Waals surface area contributed by atoms with E-state index in [1.165, 1.54) is 24.0 Å². The number of benzene rings is 2. The monoisotopic (exact) mass is 295 g/mol. The van der Waals surface area contributed by atoms with Crippen molar-refractivity contribution in [2.24, 2.45) is 0 Å². The molecule has 22 heavy (non-hydrogen) atoms. The summed E-state index contributed by atoms with van der Waals surface area (Å²) in [6, 6.07) is 15.6. The van der Waals surface area contributed by atoms with Crippen LogP contribution in [0, 0.1) is 0 Å². The van der Waals surface area contributed by atoms with Crippen molar-refractivity contribution in [3.05, 3.63) is 59.7 Å². The Morgan fingerprint density at radius 2 is 1.77 bits per heavy atom. The highest BCUT2D eigenvalue weighted by atomic mass is 16.5. The fraction of sp³-hybridized carbons (Fsp3) is 0.316. The highest BCUT2D eigenvalue weighted by molar-refractivity contribution is 5.94. The van der Waals surface area contributed by atoms with Gasteiger partial charge in [-0.1, -0.05) is 24.3 Å². The summed E-state index contributed by atoms with van der Waals surface area (Å²) in [5.74, 6) is 0.639. The normalized spacial score (nSPS) is 14.8. The minimum atomic E-state index is -0.526. The van der Waals surface area contributed by atoms with E-state index in [9.17, 15) is 4.79 Å². The molecule has 0 unspecified atom stereocenters. The molecule has 2 aromatic rings. The van der Waals surface area contributed by atoms with Gasteiger partial charge in [0.2, 0.25) is 0 Å². The fourth-order valence-electron chi connectivity index (χ4n) is 2.81. The standard InChI is InChI=1S/C19H21NO2/c1-14(19(21)20-17-9-3-2-4-10-17)22-18-12-11-15-7-5-6-8-16(15)13-18/h2-4,9-14H,5-8H2,1H3,(H,20,21)/t14-/m1/s1. The number of ether oxygens (including phenoxy) is 1. The van der Waals surface area contributed by atoms with Crippen LogP contribution in [0.4, 0.5) is 5.69 Å². The Bertz CT molecular complexity index is 652. The fourth-order valence-corrected chi connectivity index (χ4v) is 2.81. The first-order chi connectivity index (χ1) is 10.7. The van der Waals surface area contributed by atoms with Crippen molar-refractivity contribution in [3.63, 3.8) is 0 Å². The maximum atomic E-state index is 12.2. The van der Waals surface area contributed by atoms with Gasteiger partial charge in [0.25, 0.3) is 5.91 Å². The summed E-state index contributed by atoms with van der Waals surface area (Å²) < 4.78 is 5.80. The number of hydrogen-bond donors (Lipinski definition) is 1. The molecule has 2 aromatic carbocycles. The molecular weight excluding hydrogens is 274 g/mol. The van der Waals surface area contributed by atoms with Crippen molar-refractivity contribution in [2.75, 3.05) is 5.32 Å². The third kappa shape index (κ3) is 3.48. The molecule has 0 heterocycles. The van der Waals surface area contributed by atoms with Gasteiger partial charge in [0.15, 0.2) is 6.10 Å². The van der Waals surface area contributed by atoms with E-state index in [0.29, 0.717) is 0 Å². The molecule has 0 aromatic heterocycles. The minimum Gasteiger partial charge on any atom is -0.481 e. The molecule has 1 aliphatic carbocycles. The second kappa shape index (κ2) is 6.65. The summed E-state index contributed by atoms with van der Waals surface area (Å²) >= 11 is 0. The van der Waals surface area contributed by atoms with Crippen LogP contribution in [0.3, 0.4) is 0 Å². The van der Waals surface area contributed by atoms with Crippen LogP contribution in [0.5, 0.6) is 5.75 Å². The Balaban J connectivity index is 1.63. The Morgan fingerprint density at radius 3 is 2.55 bits per heavy atom. The van der Waals surface area contributed by atoms with Gasteiger partial charge in [0.1, 0.15) is 5.75 Å². The molecule has 0 saturated carbocycles. The van der Waals surface area contributed by atoms with E-state index in [2.05, 4.69) is 17.4 Å². The lowest BCUT2D eigenvalue weighted by Crippen LogP contribution is -2.30. The molecular formula is C19H21NO2. The zero-order chi connectivity index (χ0) is 15.4. The van der Waals surface area contributed by atoms with E-state index in [1.807, 2.05) is 36.4 Å². The second-order valence-electron chi connectivity index (χ2n) is 5.75. The molecule has 0 saturated heterocycles. The molecule has 0 bridgehead atoms. The molecule has 1 amide bonds. The molecule has 1 N–H and O–H groups in total. The highest BCUT2D eigenvalue weighted by Gasteiger charge is 2.16. The van der Waals surface area contributed by atoms with Crippen LogP contribution in [0.25, 0.3) is 0 Å². The molecule has 0 spiro atoms. The van der Waals surface area contributed by atoms with Crippen molar-refractivity contribution in [1.82, 2.24) is 0 Å². The van der Waals surface area contributed by atoms with Gasteiger partial charge in [0.05, 0.1) is 0 Å². The number of nitrogens with one attached hydrogen (secondary N) is 1. The van der Waals surface area contributed by atoms with Crippen molar-refractivity contribution in [1.29, 1.82) is 0 Å². The van der Waals surface area contributed by atoms with Gasteiger partial charge in [-0.25, -0.2) is 0 Å². The largest absolute Gasteiger partial charge is 0.481 e. The summed E-state index contributed by atoms with van der Waals surface area (Å²) in [6.07, 6.45) is 4.24. The SMILES string of the molecule is C[C@@H](Oc1ccc2c(c1)CCCC2)C(=O)Nc1ccccc1. The van der Waals surface area contributed by atoms with Crippen LogP contribution in [0.2, 0.25) is 0 Å². The Morgan fingerprint density at radius 1 is 1.05 bits per heavy atom. The molecule has 0 fully saturated rings. The van der Waals surface area contributed by atoms with Crippen molar-refractivity contribution in [3.8, 4) is 5.75 Å². The molecule has 3 heteroatoms. The summed E-state index contributed by atoms with van der Waals surface area (Å²) in [7, 11) is 0. The lowest BCUT2D eigenvalue weighted by molar-refractivity contribution is -0.122. The smallest absolute Gasteiger partial charge is 0.265 e. The second-order valence-corrected chi connectivity index (χ2v) is 5.75. The minimum absolute atomic E-state index is 0.135. The predicted molar refractivity (Wildman–Crippen MR) is 88.2 cm³/mol. The predicted octanol–water partition coefficient (Wildman–Crippen LogP) is 3.97. The summed E-state index contributed by atoms with van der Waals surface area (Å²) in [6.45, 7) is 1.78. The summed E-state index contributed by atoms with van der Waals surface area (Å²) in [5.41, 5.74) is 3.56. The van der Waals surface area contributed by atoms with Crippen LogP contribution < -0.4 is 10.1 Å². The van der Waals surface area contributed by atoms with Crippen LogP contribution in [0.1, 0.15) is 30.9 Å².